The number of benzene rings is 2. The monoisotopic (exact) mass is 380 g/mol. The molecule has 8 heteroatoms. The summed E-state index contributed by atoms with van der Waals surface area (Å²) in [6.07, 6.45) is 0. The van der Waals surface area contributed by atoms with Crippen molar-refractivity contribution in [1.82, 2.24) is 15.3 Å². The van der Waals surface area contributed by atoms with Crippen LogP contribution in [0.4, 0.5) is 15.9 Å². The molecule has 1 aliphatic heterocycles. The van der Waals surface area contributed by atoms with Crippen LogP contribution in [0.25, 0.3) is 0 Å². The molecule has 2 heterocycles. The Morgan fingerprint density at radius 1 is 1.11 bits per heavy atom. The molecular formula is C20H17FN4O3. The number of aromatic nitrogens is 2. The number of hydrogen-bond donors (Lipinski definition) is 2. The van der Waals surface area contributed by atoms with Crippen LogP contribution in [0.15, 0.2) is 48.5 Å². The van der Waals surface area contributed by atoms with Gasteiger partial charge in [-0.05, 0) is 25.1 Å². The van der Waals surface area contributed by atoms with E-state index in [0.29, 0.717) is 28.7 Å². The Labute approximate surface area is 160 Å². The number of halogens is 1. The van der Waals surface area contributed by atoms with Crippen LogP contribution in [-0.2, 0) is 6.54 Å². The van der Waals surface area contributed by atoms with E-state index in [0.717, 1.165) is 5.69 Å². The molecule has 0 saturated heterocycles. The molecule has 3 aromatic rings. The van der Waals surface area contributed by atoms with Gasteiger partial charge in [-0.1, -0.05) is 18.2 Å². The Balaban J connectivity index is 1.48. The first kappa shape index (κ1) is 17.7. The smallest absolute Gasteiger partial charge is 0.270 e. The standard InChI is InChI=1S/C20H17FN4O3/c1-12-23-16(20(26)22-10-13-4-2-3-5-15(13)21)9-19(24-12)25-14-6-7-17-18(8-14)28-11-27-17/h2-9H,10-11H2,1H3,(H,22,26)(H,23,24,25). The lowest BCUT2D eigenvalue weighted by Crippen LogP contribution is -2.25. The summed E-state index contributed by atoms with van der Waals surface area (Å²) in [6, 6.07) is 13.2. The number of ether oxygens (including phenoxy) is 2. The molecule has 1 amide bonds. The van der Waals surface area contributed by atoms with Crippen molar-refractivity contribution in [2.24, 2.45) is 0 Å². The van der Waals surface area contributed by atoms with Gasteiger partial charge in [0.2, 0.25) is 6.79 Å². The van der Waals surface area contributed by atoms with Crippen LogP contribution in [-0.4, -0.2) is 22.7 Å². The third-order valence-corrected chi connectivity index (χ3v) is 4.11. The molecule has 0 saturated carbocycles. The summed E-state index contributed by atoms with van der Waals surface area (Å²) in [4.78, 5) is 20.9. The van der Waals surface area contributed by atoms with Crippen molar-refractivity contribution in [3.8, 4) is 11.5 Å². The predicted octanol–water partition coefficient (Wildman–Crippen LogP) is 3.33. The second kappa shape index (κ2) is 7.51. The molecule has 4 rings (SSSR count). The number of nitrogens with one attached hydrogen (secondary N) is 2. The zero-order valence-electron chi connectivity index (χ0n) is 15.0. The Morgan fingerprint density at radius 2 is 1.93 bits per heavy atom. The quantitative estimate of drug-likeness (QED) is 0.706. The largest absolute Gasteiger partial charge is 0.454 e. The summed E-state index contributed by atoms with van der Waals surface area (Å²) in [5.41, 5.74) is 1.33. The highest BCUT2D eigenvalue weighted by molar-refractivity contribution is 5.93. The number of carbonyl (C=O) groups excluding carboxylic acids is 1. The maximum Gasteiger partial charge on any atom is 0.270 e. The average molecular weight is 380 g/mol. The second-order valence-corrected chi connectivity index (χ2v) is 6.15. The third kappa shape index (κ3) is 3.85. The van der Waals surface area contributed by atoms with E-state index in [1.807, 2.05) is 6.07 Å². The van der Waals surface area contributed by atoms with Crippen LogP contribution in [0.3, 0.4) is 0 Å². The Bertz CT molecular complexity index is 1040. The molecule has 142 valence electrons. The van der Waals surface area contributed by atoms with Crippen molar-refractivity contribution in [3.63, 3.8) is 0 Å². The third-order valence-electron chi connectivity index (χ3n) is 4.11. The van der Waals surface area contributed by atoms with Crippen molar-refractivity contribution < 1.29 is 18.7 Å². The summed E-state index contributed by atoms with van der Waals surface area (Å²) in [6.45, 7) is 1.95. The van der Waals surface area contributed by atoms with Crippen molar-refractivity contribution in [3.05, 3.63) is 71.4 Å². The molecule has 28 heavy (non-hydrogen) atoms. The highest BCUT2D eigenvalue weighted by Crippen LogP contribution is 2.34. The van der Waals surface area contributed by atoms with E-state index in [2.05, 4.69) is 20.6 Å². The molecule has 7 nitrogen and oxygen atoms in total. The average Bonchev–Trinajstić information content (AvgIpc) is 3.14. The number of amides is 1. The van der Waals surface area contributed by atoms with Crippen molar-refractivity contribution >= 4 is 17.4 Å². The fourth-order valence-corrected chi connectivity index (χ4v) is 2.78. The van der Waals surface area contributed by atoms with E-state index >= 15 is 0 Å². The van der Waals surface area contributed by atoms with Gasteiger partial charge in [0.1, 0.15) is 23.2 Å². The number of hydrogen-bond acceptors (Lipinski definition) is 6. The first-order chi connectivity index (χ1) is 13.6. The number of nitrogens with zero attached hydrogens (tertiary/aromatic N) is 2. The molecule has 2 aromatic carbocycles. The second-order valence-electron chi connectivity index (χ2n) is 6.15. The molecule has 0 fully saturated rings. The summed E-state index contributed by atoms with van der Waals surface area (Å²) in [7, 11) is 0. The van der Waals surface area contributed by atoms with E-state index in [9.17, 15) is 9.18 Å². The SMILES string of the molecule is Cc1nc(Nc2ccc3c(c2)OCO3)cc(C(=O)NCc2ccccc2F)n1. The normalized spacial score (nSPS) is 11.9. The van der Waals surface area contributed by atoms with Crippen molar-refractivity contribution in [2.45, 2.75) is 13.5 Å². The maximum atomic E-state index is 13.7. The van der Waals surface area contributed by atoms with Crippen LogP contribution in [0.5, 0.6) is 11.5 Å². The summed E-state index contributed by atoms with van der Waals surface area (Å²) in [5, 5.41) is 5.80. The van der Waals surface area contributed by atoms with Crippen LogP contribution >= 0.6 is 0 Å². The molecule has 0 spiro atoms. The van der Waals surface area contributed by atoms with Crippen LogP contribution < -0.4 is 20.1 Å². The van der Waals surface area contributed by atoms with Crippen molar-refractivity contribution in [2.75, 3.05) is 12.1 Å². The van der Waals surface area contributed by atoms with Crippen LogP contribution in [0, 0.1) is 12.7 Å². The Kier molecular flexibility index (Phi) is 4.76. The van der Waals surface area contributed by atoms with Gasteiger partial charge in [0.05, 0.1) is 0 Å². The fraction of sp³-hybridized carbons (Fsp3) is 0.150. The van der Waals surface area contributed by atoms with Gasteiger partial charge in [-0.3, -0.25) is 4.79 Å². The Morgan fingerprint density at radius 3 is 2.79 bits per heavy atom. The van der Waals surface area contributed by atoms with Gasteiger partial charge in [0.25, 0.3) is 5.91 Å². The lowest BCUT2D eigenvalue weighted by atomic mass is 10.2. The van der Waals surface area contributed by atoms with E-state index in [1.165, 1.54) is 12.1 Å². The zero-order chi connectivity index (χ0) is 19.5. The Hall–Kier alpha value is -3.68. The summed E-state index contributed by atoms with van der Waals surface area (Å²) < 4.78 is 24.3. The lowest BCUT2D eigenvalue weighted by molar-refractivity contribution is 0.0945. The predicted molar refractivity (Wildman–Crippen MR) is 100 cm³/mol. The molecule has 0 bridgehead atoms. The van der Waals surface area contributed by atoms with Crippen molar-refractivity contribution in [1.29, 1.82) is 0 Å². The molecule has 0 aliphatic carbocycles. The highest BCUT2D eigenvalue weighted by Gasteiger charge is 2.15. The van der Waals surface area contributed by atoms with Gasteiger partial charge in [-0.25, -0.2) is 14.4 Å². The number of fused-ring (bicyclic) bond motifs is 1. The minimum atomic E-state index is -0.414. The zero-order valence-corrected chi connectivity index (χ0v) is 15.0. The number of anilines is 2. The maximum absolute atomic E-state index is 13.7. The fourth-order valence-electron chi connectivity index (χ4n) is 2.78. The number of aryl methyl sites for hydroxylation is 1. The van der Waals surface area contributed by atoms with Gasteiger partial charge in [-0.15, -0.1) is 0 Å². The number of rotatable bonds is 5. The first-order valence-corrected chi connectivity index (χ1v) is 8.62. The summed E-state index contributed by atoms with van der Waals surface area (Å²) >= 11 is 0. The molecule has 0 unspecified atom stereocenters. The van der Waals surface area contributed by atoms with Gasteiger partial charge >= 0.3 is 0 Å². The van der Waals surface area contributed by atoms with Gasteiger partial charge in [0.15, 0.2) is 11.5 Å². The van der Waals surface area contributed by atoms with E-state index < -0.39 is 5.91 Å². The number of carbonyl (C=O) groups is 1. The molecular weight excluding hydrogens is 363 g/mol. The highest BCUT2D eigenvalue weighted by atomic mass is 19.1. The van der Waals surface area contributed by atoms with Crippen LogP contribution in [0.2, 0.25) is 0 Å². The van der Waals surface area contributed by atoms with Gasteiger partial charge < -0.3 is 20.1 Å². The van der Waals surface area contributed by atoms with Gasteiger partial charge in [0, 0.05) is 29.9 Å². The molecule has 1 aromatic heterocycles. The van der Waals surface area contributed by atoms with Gasteiger partial charge in [-0.2, -0.15) is 0 Å². The first-order valence-electron chi connectivity index (χ1n) is 8.62. The molecule has 0 radical (unpaired) electrons. The molecule has 0 atom stereocenters. The van der Waals surface area contributed by atoms with E-state index in [-0.39, 0.29) is 24.8 Å². The molecule has 2 N–H and O–H groups in total. The van der Waals surface area contributed by atoms with E-state index in [4.69, 9.17) is 9.47 Å². The van der Waals surface area contributed by atoms with E-state index in [1.54, 1.807) is 37.3 Å². The topological polar surface area (TPSA) is 85.4 Å². The minimum absolute atomic E-state index is 0.0689. The minimum Gasteiger partial charge on any atom is -0.454 e. The van der Waals surface area contributed by atoms with Crippen LogP contribution in [0.1, 0.15) is 21.9 Å². The molecule has 1 aliphatic rings. The lowest BCUT2D eigenvalue weighted by Gasteiger charge is -2.10. The summed E-state index contributed by atoms with van der Waals surface area (Å²) in [5.74, 6) is 1.43.